The normalized spacial score (nSPS) is 17.1. The van der Waals surface area contributed by atoms with Gasteiger partial charge in [0.2, 0.25) is 17.6 Å². The van der Waals surface area contributed by atoms with Gasteiger partial charge in [-0.25, -0.2) is 0 Å². The van der Waals surface area contributed by atoms with E-state index >= 15 is 0 Å². The number of nitrogens with zero attached hydrogens (tertiary/aromatic N) is 4. The first-order chi connectivity index (χ1) is 19.3. The van der Waals surface area contributed by atoms with Crippen LogP contribution < -0.4 is 15.4 Å². The van der Waals surface area contributed by atoms with Gasteiger partial charge in [0.15, 0.2) is 0 Å². The van der Waals surface area contributed by atoms with Crippen molar-refractivity contribution in [3.8, 4) is 17.1 Å². The molecule has 208 valence electrons. The SMILES string of the molecule is COc1cc(N2CCC3(CCN(C(=O)c4ccc(-c5noc(C(C)C)n5)cc4)CC3)C2=O)ccc1/C(C=N)=C/N. The van der Waals surface area contributed by atoms with E-state index < -0.39 is 5.41 Å². The Labute approximate surface area is 233 Å². The summed E-state index contributed by atoms with van der Waals surface area (Å²) in [7, 11) is 1.56. The third kappa shape index (κ3) is 4.85. The molecule has 10 nitrogen and oxygen atoms in total. The van der Waals surface area contributed by atoms with Crippen molar-refractivity contribution < 1.29 is 18.8 Å². The number of nitrogens with one attached hydrogen (secondary N) is 1. The quantitative estimate of drug-likeness (QED) is 0.420. The number of likely N-dealkylation sites (tertiary alicyclic amines) is 1. The second kappa shape index (κ2) is 11.0. The highest BCUT2D eigenvalue weighted by Gasteiger charge is 2.49. The zero-order valence-electron chi connectivity index (χ0n) is 23.0. The van der Waals surface area contributed by atoms with Gasteiger partial charge in [-0.2, -0.15) is 4.98 Å². The largest absolute Gasteiger partial charge is 0.496 e. The highest BCUT2D eigenvalue weighted by Crippen LogP contribution is 2.44. The lowest BCUT2D eigenvalue weighted by Crippen LogP contribution is -2.46. The van der Waals surface area contributed by atoms with Gasteiger partial charge in [-0.15, -0.1) is 0 Å². The molecule has 2 aliphatic heterocycles. The van der Waals surface area contributed by atoms with E-state index in [0.717, 1.165) is 17.7 Å². The number of carbonyl (C=O) groups is 2. The first-order valence-corrected chi connectivity index (χ1v) is 13.5. The van der Waals surface area contributed by atoms with Gasteiger partial charge < -0.3 is 30.2 Å². The zero-order valence-corrected chi connectivity index (χ0v) is 23.0. The number of allylic oxidation sites excluding steroid dienone is 1. The molecule has 2 fully saturated rings. The molecule has 2 amide bonds. The lowest BCUT2D eigenvalue weighted by atomic mass is 9.77. The van der Waals surface area contributed by atoms with Gasteiger partial charge in [-0.1, -0.05) is 31.1 Å². The van der Waals surface area contributed by atoms with Crippen molar-refractivity contribution in [2.24, 2.45) is 11.1 Å². The van der Waals surface area contributed by atoms with Gasteiger partial charge >= 0.3 is 0 Å². The van der Waals surface area contributed by atoms with Gasteiger partial charge in [-0.3, -0.25) is 9.59 Å². The molecule has 2 aromatic carbocycles. The summed E-state index contributed by atoms with van der Waals surface area (Å²) in [5.74, 6) is 1.82. The molecule has 40 heavy (non-hydrogen) atoms. The summed E-state index contributed by atoms with van der Waals surface area (Å²) >= 11 is 0. The molecular formula is C30H34N6O4. The van der Waals surface area contributed by atoms with Crippen LogP contribution >= 0.6 is 0 Å². The fourth-order valence-electron chi connectivity index (χ4n) is 5.50. The minimum atomic E-state index is -0.476. The second-order valence-electron chi connectivity index (χ2n) is 10.6. The van der Waals surface area contributed by atoms with Crippen molar-refractivity contribution in [1.29, 1.82) is 5.41 Å². The third-order valence-electron chi connectivity index (χ3n) is 7.99. The van der Waals surface area contributed by atoms with E-state index in [4.69, 9.17) is 20.4 Å². The Morgan fingerprint density at radius 1 is 1.12 bits per heavy atom. The van der Waals surface area contributed by atoms with Gasteiger partial charge in [0.05, 0.1) is 12.5 Å². The summed E-state index contributed by atoms with van der Waals surface area (Å²) in [6.45, 7) is 5.63. The molecule has 2 saturated heterocycles. The van der Waals surface area contributed by atoms with Crippen molar-refractivity contribution in [3.05, 3.63) is 65.7 Å². The number of piperidine rings is 1. The Morgan fingerprint density at radius 2 is 1.82 bits per heavy atom. The molecule has 2 aliphatic rings. The Balaban J connectivity index is 1.24. The minimum Gasteiger partial charge on any atom is -0.496 e. The molecule has 3 aromatic rings. The van der Waals surface area contributed by atoms with Gasteiger partial charge in [0.25, 0.3) is 5.91 Å². The van der Waals surface area contributed by atoms with Gasteiger partial charge in [0.1, 0.15) is 5.75 Å². The van der Waals surface area contributed by atoms with Crippen LogP contribution in [0.1, 0.15) is 60.8 Å². The summed E-state index contributed by atoms with van der Waals surface area (Å²) in [4.78, 5) is 35.0. The molecule has 3 heterocycles. The minimum absolute atomic E-state index is 0.0463. The molecule has 0 unspecified atom stereocenters. The molecule has 10 heteroatoms. The van der Waals surface area contributed by atoms with Crippen LogP contribution in [-0.2, 0) is 4.79 Å². The molecular weight excluding hydrogens is 508 g/mol. The first kappa shape index (κ1) is 27.1. The number of hydrogen-bond donors (Lipinski definition) is 2. The summed E-state index contributed by atoms with van der Waals surface area (Å²) in [6.07, 6.45) is 4.52. The van der Waals surface area contributed by atoms with Gasteiger partial charge in [-0.05, 0) is 43.5 Å². The fraction of sp³-hybridized carbons (Fsp3) is 0.367. The maximum Gasteiger partial charge on any atom is 0.253 e. The number of hydrogen-bond acceptors (Lipinski definition) is 8. The molecule has 5 rings (SSSR count). The standard InChI is InChI=1S/C30H34N6O4/c1-19(2)27-33-26(34-40-27)20-4-6-21(7-5-20)28(37)35-13-10-30(11-14-35)12-15-36(29(30)38)23-8-9-24(22(17-31)18-32)25(16-23)39-3/h4-9,16-19,31H,10-15,32H2,1-3H3/b22-18+,31-17?. The van der Waals surface area contributed by atoms with Crippen LogP contribution in [-0.4, -0.2) is 59.8 Å². The molecule has 0 saturated carbocycles. The molecule has 1 spiro atoms. The van der Waals surface area contributed by atoms with Crippen molar-refractivity contribution >= 4 is 29.3 Å². The van der Waals surface area contributed by atoms with E-state index in [2.05, 4.69) is 10.1 Å². The lowest BCUT2D eigenvalue weighted by molar-refractivity contribution is -0.127. The first-order valence-electron chi connectivity index (χ1n) is 13.5. The van der Waals surface area contributed by atoms with Crippen molar-refractivity contribution in [3.63, 3.8) is 0 Å². The predicted molar refractivity (Wildman–Crippen MR) is 152 cm³/mol. The molecule has 0 atom stereocenters. The average Bonchev–Trinajstić information content (AvgIpc) is 3.60. The zero-order chi connectivity index (χ0) is 28.4. The van der Waals surface area contributed by atoms with E-state index in [0.29, 0.717) is 66.6 Å². The Morgan fingerprint density at radius 3 is 2.42 bits per heavy atom. The van der Waals surface area contributed by atoms with Crippen LogP contribution in [0.2, 0.25) is 0 Å². The van der Waals surface area contributed by atoms with Crippen LogP contribution in [0.15, 0.2) is 53.2 Å². The Hall–Kier alpha value is -4.47. The highest BCUT2D eigenvalue weighted by atomic mass is 16.5. The fourth-order valence-corrected chi connectivity index (χ4v) is 5.50. The summed E-state index contributed by atoms with van der Waals surface area (Å²) < 4.78 is 10.8. The Bertz CT molecular complexity index is 1450. The van der Waals surface area contributed by atoms with Gasteiger partial charge in [0, 0.05) is 72.0 Å². The number of benzene rings is 2. The maximum atomic E-state index is 13.7. The highest BCUT2D eigenvalue weighted by molar-refractivity contribution is 6.09. The molecule has 0 aliphatic carbocycles. The number of nitrogens with two attached hydrogens (primary N) is 1. The summed E-state index contributed by atoms with van der Waals surface area (Å²) in [5, 5.41) is 11.6. The van der Waals surface area contributed by atoms with Crippen molar-refractivity contribution in [1.82, 2.24) is 15.0 Å². The smallest absolute Gasteiger partial charge is 0.253 e. The summed E-state index contributed by atoms with van der Waals surface area (Å²) in [5.41, 5.74) is 8.55. The molecule has 0 bridgehead atoms. The van der Waals surface area contributed by atoms with Crippen LogP contribution in [0.4, 0.5) is 5.69 Å². The van der Waals surface area contributed by atoms with Crippen LogP contribution in [0.25, 0.3) is 17.0 Å². The number of ether oxygens (including phenoxy) is 1. The van der Waals surface area contributed by atoms with E-state index in [1.165, 1.54) is 12.4 Å². The van der Waals surface area contributed by atoms with E-state index in [1.807, 2.05) is 49.1 Å². The van der Waals surface area contributed by atoms with Crippen molar-refractivity contribution in [2.75, 3.05) is 31.6 Å². The van der Waals surface area contributed by atoms with Crippen molar-refractivity contribution in [2.45, 2.75) is 39.0 Å². The maximum absolute atomic E-state index is 13.7. The number of rotatable bonds is 7. The second-order valence-corrected chi connectivity index (χ2v) is 10.6. The van der Waals surface area contributed by atoms with Crippen LogP contribution in [0, 0.1) is 10.8 Å². The molecule has 3 N–H and O–H groups in total. The van der Waals surface area contributed by atoms with Crippen LogP contribution in [0.3, 0.4) is 0 Å². The van der Waals surface area contributed by atoms with E-state index in [-0.39, 0.29) is 17.7 Å². The number of aromatic nitrogens is 2. The number of methoxy groups -OCH3 is 1. The number of carbonyl (C=O) groups excluding carboxylic acids is 2. The van der Waals surface area contributed by atoms with Crippen LogP contribution in [0.5, 0.6) is 5.75 Å². The predicted octanol–water partition coefficient (Wildman–Crippen LogP) is 4.48. The third-order valence-corrected chi connectivity index (χ3v) is 7.99. The lowest BCUT2D eigenvalue weighted by Gasteiger charge is -2.38. The monoisotopic (exact) mass is 542 g/mol. The number of amides is 2. The van der Waals surface area contributed by atoms with E-state index in [1.54, 1.807) is 24.1 Å². The molecule has 0 radical (unpaired) electrons. The topological polar surface area (TPSA) is 139 Å². The summed E-state index contributed by atoms with van der Waals surface area (Å²) in [6, 6.07) is 12.7. The Kier molecular flexibility index (Phi) is 7.42. The van der Waals surface area contributed by atoms with E-state index in [9.17, 15) is 9.59 Å². The average molecular weight is 543 g/mol. The molecule has 1 aromatic heterocycles. The number of anilines is 1.